The maximum absolute atomic E-state index is 13.2. The number of thiophene rings is 1. The van der Waals surface area contributed by atoms with Gasteiger partial charge in [0.2, 0.25) is 0 Å². The summed E-state index contributed by atoms with van der Waals surface area (Å²) in [6.45, 7) is 2.71. The second-order valence-corrected chi connectivity index (χ2v) is 9.72. The zero-order valence-corrected chi connectivity index (χ0v) is 19.4. The summed E-state index contributed by atoms with van der Waals surface area (Å²) in [4.78, 5) is 21.9. The quantitative estimate of drug-likeness (QED) is 0.350. The molecule has 3 N–H and O–H groups in total. The van der Waals surface area contributed by atoms with Crippen LogP contribution in [-0.4, -0.2) is 22.3 Å². The van der Waals surface area contributed by atoms with Gasteiger partial charge in [0.15, 0.2) is 0 Å². The molecule has 3 aromatic carbocycles. The summed E-state index contributed by atoms with van der Waals surface area (Å²) in [5.41, 5.74) is 11.4. The molecule has 0 bridgehead atoms. The van der Waals surface area contributed by atoms with Crippen molar-refractivity contribution in [3.63, 3.8) is 0 Å². The Kier molecular flexibility index (Phi) is 5.24. The Morgan fingerprint density at radius 2 is 1.79 bits per heavy atom. The third kappa shape index (κ3) is 3.81. The average molecular weight is 465 g/mol. The Labute approximate surface area is 201 Å². The molecule has 34 heavy (non-hydrogen) atoms. The summed E-state index contributed by atoms with van der Waals surface area (Å²) in [5, 5.41) is 6.02. The number of hydrogen-bond acceptors (Lipinski definition) is 5. The van der Waals surface area contributed by atoms with Gasteiger partial charge in [-0.3, -0.25) is 9.69 Å². The van der Waals surface area contributed by atoms with E-state index in [-0.39, 0.29) is 5.91 Å². The Bertz CT molecular complexity index is 1520. The number of carbonyl (C=O) groups is 1. The number of benzene rings is 3. The van der Waals surface area contributed by atoms with E-state index in [9.17, 15) is 4.79 Å². The van der Waals surface area contributed by atoms with Crippen molar-refractivity contribution < 1.29 is 4.79 Å². The molecule has 0 aliphatic carbocycles. The number of anilines is 2. The molecule has 168 valence electrons. The normalized spacial score (nSPS) is 13.8. The number of carbonyl (C=O) groups excluding carboxylic acids is 1. The Morgan fingerprint density at radius 1 is 1.00 bits per heavy atom. The van der Waals surface area contributed by atoms with Gasteiger partial charge in [0.05, 0.1) is 5.69 Å². The van der Waals surface area contributed by atoms with Crippen LogP contribution in [0.5, 0.6) is 0 Å². The van der Waals surface area contributed by atoms with Crippen LogP contribution in [-0.2, 0) is 19.5 Å². The van der Waals surface area contributed by atoms with E-state index in [0.717, 1.165) is 58.4 Å². The second-order valence-electron chi connectivity index (χ2n) is 8.72. The van der Waals surface area contributed by atoms with Crippen molar-refractivity contribution in [2.75, 3.05) is 17.6 Å². The summed E-state index contributed by atoms with van der Waals surface area (Å²) in [6, 6.07) is 26.6. The van der Waals surface area contributed by atoms with Crippen molar-refractivity contribution >= 4 is 49.6 Å². The molecule has 5 aromatic rings. The van der Waals surface area contributed by atoms with E-state index < -0.39 is 0 Å². The minimum atomic E-state index is -0.194. The summed E-state index contributed by atoms with van der Waals surface area (Å²) < 4.78 is 0. The van der Waals surface area contributed by atoms with Crippen molar-refractivity contribution in [3.8, 4) is 0 Å². The minimum absolute atomic E-state index is 0.194. The van der Waals surface area contributed by atoms with Crippen molar-refractivity contribution in [2.24, 2.45) is 0 Å². The Balaban J connectivity index is 1.28. The average Bonchev–Trinajstić information content (AvgIpc) is 3.19. The molecule has 1 aliphatic heterocycles. The van der Waals surface area contributed by atoms with E-state index in [1.54, 1.807) is 0 Å². The molecule has 1 amide bonds. The molecule has 2 aromatic heterocycles. The van der Waals surface area contributed by atoms with Crippen LogP contribution in [0.2, 0.25) is 0 Å². The number of hydrogen-bond donors (Lipinski definition) is 2. The first-order valence-corrected chi connectivity index (χ1v) is 12.2. The molecule has 6 rings (SSSR count). The van der Waals surface area contributed by atoms with Crippen LogP contribution in [0.3, 0.4) is 0 Å². The second kappa shape index (κ2) is 8.56. The first-order valence-electron chi connectivity index (χ1n) is 11.4. The van der Waals surface area contributed by atoms with Gasteiger partial charge in [-0.2, -0.15) is 0 Å². The van der Waals surface area contributed by atoms with Gasteiger partial charge in [-0.15, -0.1) is 11.3 Å². The van der Waals surface area contributed by atoms with Gasteiger partial charge in [-0.05, 0) is 28.6 Å². The predicted molar refractivity (Wildman–Crippen MR) is 140 cm³/mol. The summed E-state index contributed by atoms with van der Waals surface area (Å²) in [6.07, 6.45) is 0.896. The van der Waals surface area contributed by atoms with E-state index in [2.05, 4.69) is 40.5 Å². The zero-order valence-electron chi connectivity index (χ0n) is 18.6. The molecule has 0 radical (unpaired) electrons. The fraction of sp³-hybridized carbons (Fsp3) is 0.143. The maximum atomic E-state index is 13.2. The topological polar surface area (TPSA) is 71.2 Å². The van der Waals surface area contributed by atoms with Crippen molar-refractivity contribution in [3.05, 3.63) is 101 Å². The van der Waals surface area contributed by atoms with Crippen molar-refractivity contribution in [1.29, 1.82) is 0 Å². The van der Waals surface area contributed by atoms with Crippen LogP contribution in [0.15, 0.2) is 78.9 Å². The monoisotopic (exact) mass is 464 g/mol. The SMILES string of the molecule is Nc1c(C(=O)Nc2cccc3ccccc23)sc2nc3c(cc12)CN(Cc1ccccc1)CC3. The van der Waals surface area contributed by atoms with E-state index in [0.29, 0.717) is 10.6 Å². The molecule has 0 spiro atoms. The molecule has 3 heterocycles. The minimum Gasteiger partial charge on any atom is -0.397 e. The van der Waals surface area contributed by atoms with Gasteiger partial charge < -0.3 is 11.1 Å². The lowest BCUT2D eigenvalue weighted by Gasteiger charge is -2.28. The van der Waals surface area contributed by atoms with Crippen LogP contribution >= 0.6 is 11.3 Å². The van der Waals surface area contributed by atoms with E-state index >= 15 is 0 Å². The smallest absolute Gasteiger partial charge is 0.267 e. The molecule has 0 saturated carbocycles. The number of nitrogen functional groups attached to an aromatic ring is 1. The Hall–Kier alpha value is -3.74. The first kappa shape index (κ1) is 20.8. The van der Waals surface area contributed by atoms with Crippen LogP contribution in [0.4, 0.5) is 11.4 Å². The molecule has 1 aliphatic rings. The number of amides is 1. The highest BCUT2D eigenvalue weighted by Crippen LogP contribution is 2.36. The molecule has 0 saturated heterocycles. The van der Waals surface area contributed by atoms with Crippen molar-refractivity contribution in [2.45, 2.75) is 19.5 Å². The fourth-order valence-electron chi connectivity index (χ4n) is 4.71. The summed E-state index contributed by atoms with van der Waals surface area (Å²) in [7, 11) is 0. The number of rotatable bonds is 4. The number of nitrogens with one attached hydrogen (secondary N) is 1. The predicted octanol–water partition coefficient (Wildman–Crippen LogP) is 5.84. The lowest BCUT2D eigenvalue weighted by atomic mass is 10.0. The number of aromatic nitrogens is 1. The lowest BCUT2D eigenvalue weighted by molar-refractivity contribution is 0.103. The zero-order chi connectivity index (χ0) is 23.1. The van der Waals surface area contributed by atoms with Gasteiger partial charge in [-0.25, -0.2) is 4.98 Å². The van der Waals surface area contributed by atoms with Gasteiger partial charge in [0.25, 0.3) is 5.91 Å². The van der Waals surface area contributed by atoms with E-state index in [1.165, 1.54) is 22.5 Å². The molecule has 0 atom stereocenters. The third-order valence-electron chi connectivity index (χ3n) is 6.44. The van der Waals surface area contributed by atoms with Gasteiger partial charge >= 0.3 is 0 Å². The van der Waals surface area contributed by atoms with Crippen LogP contribution in [0, 0.1) is 0 Å². The highest BCUT2D eigenvalue weighted by atomic mass is 32.1. The molecule has 5 nitrogen and oxygen atoms in total. The van der Waals surface area contributed by atoms with Gasteiger partial charge in [-0.1, -0.05) is 66.7 Å². The maximum Gasteiger partial charge on any atom is 0.267 e. The van der Waals surface area contributed by atoms with E-state index in [1.807, 2.05) is 48.5 Å². The molecule has 0 unspecified atom stereocenters. The molecular formula is C28H24N4OS. The molecule has 6 heteroatoms. The first-order chi connectivity index (χ1) is 16.7. The van der Waals surface area contributed by atoms with E-state index in [4.69, 9.17) is 10.7 Å². The third-order valence-corrected chi connectivity index (χ3v) is 7.56. The van der Waals surface area contributed by atoms with Gasteiger partial charge in [0.1, 0.15) is 9.71 Å². The van der Waals surface area contributed by atoms with Crippen LogP contribution in [0.1, 0.15) is 26.5 Å². The highest BCUT2D eigenvalue weighted by molar-refractivity contribution is 7.21. The fourth-order valence-corrected chi connectivity index (χ4v) is 5.71. The van der Waals surface area contributed by atoms with Crippen molar-refractivity contribution in [1.82, 2.24) is 9.88 Å². The standard InChI is InChI=1S/C28H24N4OS/c29-25-22-15-20-17-32(16-18-7-2-1-3-8-18)14-13-23(20)31-28(22)34-26(25)27(33)30-24-12-6-10-19-9-4-5-11-21(19)24/h1-12,15H,13-14,16-17,29H2,(H,30,33). The largest absolute Gasteiger partial charge is 0.397 e. The van der Waals surface area contributed by atoms with Crippen LogP contribution < -0.4 is 11.1 Å². The van der Waals surface area contributed by atoms with Crippen LogP contribution in [0.25, 0.3) is 21.0 Å². The number of nitrogens with zero attached hydrogens (tertiary/aromatic N) is 2. The highest BCUT2D eigenvalue weighted by Gasteiger charge is 2.23. The summed E-state index contributed by atoms with van der Waals surface area (Å²) >= 11 is 1.37. The molecular weight excluding hydrogens is 440 g/mol. The summed E-state index contributed by atoms with van der Waals surface area (Å²) in [5.74, 6) is -0.194. The lowest BCUT2D eigenvalue weighted by Crippen LogP contribution is -2.30. The Morgan fingerprint density at radius 3 is 2.68 bits per heavy atom. The van der Waals surface area contributed by atoms with Gasteiger partial charge in [0, 0.05) is 48.2 Å². The number of nitrogens with two attached hydrogens (primary N) is 1. The number of fused-ring (bicyclic) bond motifs is 3. The number of pyridine rings is 1. The molecule has 0 fully saturated rings.